The third-order valence-electron chi connectivity index (χ3n) is 2.76. The van der Waals surface area contributed by atoms with Crippen molar-refractivity contribution in [1.82, 2.24) is 20.3 Å². The van der Waals surface area contributed by atoms with Crippen molar-refractivity contribution in [2.24, 2.45) is 0 Å². The maximum atomic E-state index is 3.93. The average molecular weight is 309 g/mol. The predicted molar refractivity (Wildman–Crippen MR) is 75.3 cm³/mol. The fourth-order valence-electron chi connectivity index (χ4n) is 1.82. The third kappa shape index (κ3) is 4.23. The van der Waals surface area contributed by atoms with Crippen LogP contribution in [-0.2, 0) is 13.0 Å². The first-order valence-electron chi connectivity index (χ1n) is 6.06. The van der Waals surface area contributed by atoms with Crippen LogP contribution in [0.1, 0.15) is 12.5 Å². The standard InChI is InChI=1S/C13H17BrN4/c1-11(10-12-2-4-13(14)5-3-12)15-6-8-18-9-7-16-17-18/h2-5,7,9,11,15H,6,8,10H2,1H3. The Labute approximate surface area is 116 Å². The Bertz CT molecular complexity index is 452. The van der Waals surface area contributed by atoms with Crippen molar-refractivity contribution in [3.63, 3.8) is 0 Å². The van der Waals surface area contributed by atoms with Gasteiger partial charge < -0.3 is 5.32 Å². The van der Waals surface area contributed by atoms with Crippen molar-refractivity contribution in [3.05, 3.63) is 46.7 Å². The molecule has 0 aliphatic carbocycles. The van der Waals surface area contributed by atoms with E-state index in [9.17, 15) is 0 Å². The van der Waals surface area contributed by atoms with Crippen molar-refractivity contribution in [2.45, 2.75) is 25.9 Å². The van der Waals surface area contributed by atoms with Gasteiger partial charge in [0.25, 0.3) is 0 Å². The first-order valence-corrected chi connectivity index (χ1v) is 6.85. The summed E-state index contributed by atoms with van der Waals surface area (Å²) < 4.78 is 2.96. The monoisotopic (exact) mass is 308 g/mol. The van der Waals surface area contributed by atoms with Crippen molar-refractivity contribution in [1.29, 1.82) is 0 Å². The van der Waals surface area contributed by atoms with Gasteiger partial charge in [0.15, 0.2) is 0 Å². The van der Waals surface area contributed by atoms with E-state index in [0.717, 1.165) is 24.0 Å². The Morgan fingerprint density at radius 1 is 1.33 bits per heavy atom. The van der Waals surface area contributed by atoms with Gasteiger partial charge >= 0.3 is 0 Å². The molecule has 2 rings (SSSR count). The highest BCUT2D eigenvalue weighted by atomic mass is 79.9. The molecule has 0 aliphatic heterocycles. The first-order chi connectivity index (χ1) is 8.74. The van der Waals surface area contributed by atoms with Gasteiger partial charge in [-0.3, -0.25) is 4.68 Å². The van der Waals surface area contributed by atoms with Gasteiger partial charge in [-0.25, -0.2) is 0 Å². The number of hydrogen-bond donors (Lipinski definition) is 1. The Balaban J connectivity index is 1.71. The second kappa shape index (κ2) is 6.66. The largest absolute Gasteiger partial charge is 0.312 e. The van der Waals surface area contributed by atoms with Crippen LogP contribution in [0, 0.1) is 0 Å². The minimum absolute atomic E-state index is 0.453. The maximum Gasteiger partial charge on any atom is 0.0692 e. The van der Waals surface area contributed by atoms with E-state index in [2.05, 4.69) is 62.7 Å². The van der Waals surface area contributed by atoms with Crippen LogP contribution in [0.2, 0.25) is 0 Å². The smallest absolute Gasteiger partial charge is 0.0692 e. The molecule has 0 bridgehead atoms. The molecule has 1 heterocycles. The number of nitrogens with zero attached hydrogens (tertiary/aromatic N) is 3. The Morgan fingerprint density at radius 3 is 2.78 bits per heavy atom. The lowest BCUT2D eigenvalue weighted by molar-refractivity contribution is 0.487. The van der Waals surface area contributed by atoms with E-state index in [1.165, 1.54) is 5.56 Å². The first kappa shape index (κ1) is 13.2. The SMILES string of the molecule is CC(Cc1ccc(Br)cc1)NCCn1ccnn1. The second-order valence-electron chi connectivity index (χ2n) is 4.35. The van der Waals surface area contributed by atoms with Crippen LogP contribution in [0.4, 0.5) is 0 Å². The second-order valence-corrected chi connectivity index (χ2v) is 5.27. The number of rotatable bonds is 6. The van der Waals surface area contributed by atoms with Crippen molar-refractivity contribution >= 4 is 15.9 Å². The topological polar surface area (TPSA) is 42.7 Å². The van der Waals surface area contributed by atoms with E-state index in [1.807, 2.05) is 10.9 Å². The molecule has 0 fully saturated rings. The van der Waals surface area contributed by atoms with Crippen molar-refractivity contribution in [3.8, 4) is 0 Å². The number of hydrogen-bond acceptors (Lipinski definition) is 3. The van der Waals surface area contributed by atoms with Crippen LogP contribution in [0.25, 0.3) is 0 Å². The van der Waals surface area contributed by atoms with Gasteiger partial charge in [-0.1, -0.05) is 33.3 Å². The lowest BCUT2D eigenvalue weighted by Crippen LogP contribution is -2.31. The lowest BCUT2D eigenvalue weighted by Gasteiger charge is -2.13. The van der Waals surface area contributed by atoms with Crippen LogP contribution in [0.3, 0.4) is 0 Å². The summed E-state index contributed by atoms with van der Waals surface area (Å²) in [6, 6.07) is 8.92. The maximum absolute atomic E-state index is 3.93. The molecule has 2 aromatic rings. The minimum Gasteiger partial charge on any atom is -0.312 e. The van der Waals surface area contributed by atoms with E-state index in [1.54, 1.807) is 6.20 Å². The molecule has 4 nitrogen and oxygen atoms in total. The zero-order valence-corrected chi connectivity index (χ0v) is 12.0. The third-order valence-corrected chi connectivity index (χ3v) is 3.29. The van der Waals surface area contributed by atoms with Gasteiger partial charge in [-0.2, -0.15) is 0 Å². The molecule has 0 radical (unpaired) electrons. The molecule has 1 unspecified atom stereocenters. The average Bonchev–Trinajstić information content (AvgIpc) is 2.85. The molecule has 96 valence electrons. The molecule has 5 heteroatoms. The van der Waals surface area contributed by atoms with Gasteiger partial charge in [-0.15, -0.1) is 5.10 Å². The Morgan fingerprint density at radius 2 is 2.11 bits per heavy atom. The number of benzene rings is 1. The summed E-state index contributed by atoms with van der Waals surface area (Å²) in [6.07, 6.45) is 4.61. The molecule has 0 saturated heterocycles. The van der Waals surface area contributed by atoms with E-state index in [-0.39, 0.29) is 0 Å². The Kier molecular flexibility index (Phi) is 4.90. The summed E-state index contributed by atoms with van der Waals surface area (Å²) in [7, 11) is 0. The number of aromatic nitrogens is 3. The van der Waals surface area contributed by atoms with Gasteiger partial charge in [0.2, 0.25) is 0 Å². The quantitative estimate of drug-likeness (QED) is 0.890. The highest BCUT2D eigenvalue weighted by Crippen LogP contribution is 2.11. The summed E-state index contributed by atoms with van der Waals surface area (Å²) in [5.41, 5.74) is 1.35. The minimum atomic E-state index is 0.453. The summed E-state index contributed by atoms with van der Waals surface area (Å²) in [5.74, 6) is 0. The molecule has 0 amide bonds. The molecule has 0 spiro atoms. The zero-order valence-electron chi connectivity index (χ0n) is 10.4. The number of halogens is 1. The molecular formula is C13H17BrN4. The fourth-order valence-corrected chi connectivity index (χ4v) is 2.09. The lowest BCUT2D eigenvalue weighted by atomic mass is 10.1. The van der Waals surface area contributed by atoms with Crippen LogP contribution < -0.4 is 5.32 Å². The number of nitrogens with one attached hydrogen (secondary N) is 1. The normalized spacial score (nSPS) is 12.6. The summed E-state index contributed by atoms with van der Waals surface area (Å²) >= 11 is 3.44. The van der Waals surface area contributed by atoms with Crippen molar-refractivity contribution in [2.75, 3.05) is 6.54 Å². The summed E-state index contributed by atoms with van der Waals surface area (Å²) in [5, 5.41) is 11.2. The zero-order chi connectivity index (χ0) is 12.8. The summed E-state index contributed by atoms with van der Waals surface area (Å²) in [6.45, 7) is 3.95. The van der Waals surface area contributed by atoms with Gasteiger partial charge in [0.05, 0.1) is 12.7 Å². The van der Waals surface area contributed by atoms with Crippen LogP contribution in [-0.4, -0.2) is 27.6 Å². The predicted octanol–water partition coefficient (Wildman–Crippen LogP) is 2.26. The fraction of sp³-hybridized carbons (Fsp3) is 0.385. The highest BCUT2D eigenvalue weighted by Gasteiger charge is 2.03. The van der Waals surface area contributed by atoms with Gasteiger partial charge in [0.1, 0.15) is 0 Å². The van der Waals surface area contributed by atoms with Crippen LogP contribution in [0.5, 0.6) is 0 Å². The highest BCUT2D eigenvalue weighted by molar-refractivity contribution is 9.10. The molecule has 18 heavy (non-hydrogen) atoms. The van der Waals surface area contributed by atoms with Crippen molar-refractivity contribution < 1.29 is 0 Å². The van der Waals surface area contributed by atoms with E-state index in [0.29, 0.717) is 6.04 Å². The molecule has 1 N–H and O–H groups in total. The van der Waals surface area contributed by atoms with E-state index < -0.39 is 0 Å². The molecular weight excluding hydrogens is 292 g/mol. The van der Waals surface area contributed by atoms with Crippen LogP contribution >= 0.6 is 15.9 Å². The molecule has 1 aromatic carbocycles. The van der Waals surface area contributed by atoms with E-state index in [4.69, 9.17) is 0 Å². The summed E-state index contributed by atoms with van der Waals surface area (Å²) in [4.78, 5) is 0. The van der Waals surface area contributed by atoms with Crippen LogP contribution in [0.15, 0.2) is 41.1 Å². The molecule has 1 aromatic heterocycles. The van der Waals surface area contributed by atoms with Gasteiger partial charge in [-0.05, 0) is 31.0 Å². The van der Waals surface area contributed by atoms with Gasteiger partial charge in [0, 0.05) is 23.3 Å². The molecule has 1 atom stereocenters. The Hall–Kier alpha value is -1.20. The van der Waals surface area contributed by atoms with E-state index >= 15 is 0 Å². The molecule has 0 saturated carbocycles. The molecule has 0 aliphatic rings.